The molecular formula is C20H22N4O3. The number of hydrogen-bond donors (Lipinski definition) is 1. The zero-order valence-corrected chi connectivity index (χ0v) is 14.9. The van der Waals surface area contributed by atoms with Crippen LogP contribution in [0.5, 0.6) is 5.75 Å². The van der Waals surface area contributed by atoms with Gasteiger partial charge in [0.2, 0.25) is 11.8 Å². The lowest BCUT2D eigenvalue weighted by Crippen LogP contribution is -2.45. The lowest BCUT2D eigenvalue weighted by Gasteiger charge is -2.31. The van der Waals surface area contributed by atoms with E-state index in [1.54, 1.807) is 19.5 Å². The minimum absolute atomic E-state index is 0. The van der Waals surface area contributed by atoms with E-state index in [9.17, 15) is 9.59 Å². The molecule has 4 rings (SSSR count). The molecule has 0 bridgehead atoms. The average molecular weight is 366 g/mol. The van der Waals surface area contributed by atoms with Crippen molar-refractivity contribution in [3.63, 3.8) is 0 Å². The summed E-state index contributed by atoms with van der Waals surface area (Å²) in [6, 6.07) is 5.81. The maximum absolute atomic E-state index is 12.8. The largest absolute Gasteiger partial charge is 0.497 e. The van der Waals surface area contributed by atoms with Gasteiger partial charge in [-0.05, 0) is 17.7 Å². The Morgan fingerprint density at radius 3 is 2.89 bits per heavy atom. The van der Waals surface area contributed by atoms with Gasteiger partial charge in [0.05, 0.1) is 18.5 Å². The number of aromatic nitrogens is 2. The number of benzene rings is 1. The number of methoxy groups -OCH3 is 1. The number of ether oxygens (including phenoxy) is 1. The zero-order chi connectivity index (χ0) is 19.0. The van der Waals surface area contributed by atoms with Crippen LogP contribution in [0.15, 0.2) is 49.1 Å². The van der Waals surface area contributed by atoms with Gasteiger partial charge in [0.15, 0.2) is 0 Å². The van der Waals surface area contributed by atoms with Crippen LogP contribution >= 0.6 is 0 Å². The second kappa shape index (κ2) is 6.37. The summed E-state index contributed by atoms with van der Waals surface area (Å²) in [5, 5.41) is 2.41. The van der Waals surface area contributed by atoms with E-state index in [-0.39, 0.29) is 27.6 Å². The van der Waals surface area contributed by atoms with Crippen molar-refractivity contribution < 1.29 is 17.2 Å². The molecule has 7 heteroatoms. The summed E-state index contributed by atoms with van der Waals surface area (Å²) < 4.78 is 5.31. The topological polar surface area (TPSA) is 84.4 Å². The quantitative estimate of drug-likeness (QED) is 0.657. The summed E-state index contributed by atoms with van der Waals surface area (Å²) in [5.74, 6) is 0.0684. The Kier molecular flexibility index (Phi) is 4.01. The predicted octanol–water partition coefficient (Wildman–Crippen LogP) is 1.90. The fourth-order valence-corrected chi connectivity index (χ4v) is 3.77. The summed E-state index contributed by atoms with van der Waals surface area (Å²) in [6.45, 7) is 4.67. The maximum atomic E-state index is 12.8. The summed E-state index contributed by atoms with van der Waals surface area (Å²) in [7, 11) is 1.61. The first kappa shape index (κ1) is 17.0. The standard InChI is InChI=1S/C20H18N4O3.2H2/c1-3-16-15-8-14(27-2)5-4-13(15)11-24(16)12-20(9-18(25)23-19(20)26)17-10-21-6-7-22-17;;/h4-8,10H,1,9,11-12H2,2H3,(H,23,25,26);2*1H/t20-;;/m1../s1. The number of rotatable bonds is 4. The molecule has 0 spiro atoms. The molecule has 1 fully saturated rings. The van der Waals surface area contributed by atoms with Crippen LogP contribution < -0.4 is 10.1 Å². The molecule has 2 aliphatic heterocycles. The second-order valence-corrected chi connectivity index (χ2v) is 6.63. The number of imide groups is 1. The molecule has 0 saturated carbocycles. The Balaban J connectivity index is 0.00000150. The lowest BCUT2D eigenvalue weighted by molar-refractivity contribution is -0.126. The van der Waals surface area contributed by atoms with Gasteiger partial charge in [-0.1, -0.05) is 12.6 Å². The Bertz CT molecular complexity index is 992. The van der Waals surface area contributed by atoms with Crippen molar-refractivity contribution in [1.29, 1.82) is 0 Å². The molecule has 27 heavy (non-hydrogen) atoms. The molecule has 0 radical (unpaired) electrons. The van der Waals surface area contributed by atoms with Crippen molar-refractivity contribution in [2.75, 3.05) is 13.7 Å². The summed E-state index contributed by atoms with van der Waals surface area (Å²) in [4.78, 5) is 35.2. The third-order valence-electron chi connectivity index (χ3n) is 5.08. The number of nitrogens with zero attached hydrogens (tertiary/aromatic N) is 3. The first-order valence-corrected chi connectivity index (χ1v) is 8.50. The van der Waals surface area contributed by atoms with Gasteiger partial charge >= 0.3 is 0 Å². The van der Waals surface area contributed by atoms with Crippen LogP contribution in [0.3, 0.4) is 0 Å². The number of amides is 2. The first-order chi connectivity index (χ1) is 13.1. The van der Waals surface area contributed by atoms with Crippen LogP contribution in [0.1, 0.15) is 26.1 Å². The molecule has 3 heterocycles. The van der Waals surface area contributed by atoms with E-state index in [0.717, 1.165) is 22.6 Å². The van der Waals surface area contributed by atoms with Crippen molar-refractivity contribution in [2.45, 2.75) is 18.4 Å². The Labute approximate surface area is 159 Å². The minimum atomic E-state index is -1.10. The van der Waals surface area contributed by atoms with Crippen molar-refractivity contribution >= 4 is 17.5 Å². The van der Waals surface area contributed by atoms with E-state index < -0.39 is 5.41 Å². The molecule has 1 aromatic carbocycles. The van der Waals surface area contributed by atoms with Gasteiger partial charge in [-0.15, -0.1) is 5.73 Å². The van der Waals surface area contributed by atoms with E-state index >= 15 is 0 Å². The van der Waals surface area contributed by atoms with Crippen molar-refractivity contribution in [2.24, 2.45) is 0 Å². The molecule has 0 unspecified atom stereocenters. The van der Waals surface area contributed by atoms with Gasteiger partial charge in [-0.2, -0.15) is 0 Å². The van der Waals surface area contributed by atoms with Gasteiger partial charge in [-0.3, -0.25) is 24.9 Å². The number of carbonyl (C=O) groups is 2. The summed E-state index contributed by atoms with van der Waals surface area (Å²) in [5.41, 5.74) is 5.18. The smallest absolute Gasteiger partial charge is 0.241 e. The van der Waals surface area contributed by atoms with Crippen LogP contribution in [0.25, 0.3) is 5.70 Å². The molecule has 1 atom stereocenters. The van der Waals surface area contributed by atoms with Crippen LogP contribution in [-0.4, -0.2) is 40.3 Å². The fraction of sp³-hybridized carbons (Fsp3) is 0.250. The summed E-state index contributed by atoms with van der Waals surface area (Å²) in [6.07, 6.45) is 4.65. The third kappa shape index (κ3) is 2.69. The van der Waals surface area contributed by atoms with Crippen LogP contribution in [-0.2, 0) is 21.5 Å². The number of nitrogens with one attached hydrogen (secondary N) is 1. The Morgan fingerprint density at radius 2 is 2.26 bits per heavy atom. The van der Waals surface area contributed by atoms with E-state index in [1.807, 2.05) is 23.1 Å². The van der Waals surface area contributed by atoms with E-state index in [2.05, 4.69) is 27.6 Å². The number of carbonyl (C=O) groups excluding carboxylic acids is 2. The van der Waals surface area contributed by atoms with E-state index in [1.165, 1.54) is 6.20 Å². The van der Waals surface area contributed by atoms with Crippen LogP contribution in [0.2, 0.25) is 0 Å². The maximum Gasteiger partial charge on any atom is 0.241 e. The number of hydrogen-bond acceptors (Lipinski definition) is 6. The molecule has 7 nitrogen and oxygen atoms in total. The van der Waals surface area contributed by atoms with Crippen LogP contribution in [0.4, 0.5) is 0 Å². The molecule has 2 amide bonds. The van der Waals surface area contributed by atoms with Crippen molar-refractivity contribution in [1.82, 2.24) is 20.2 Å². The van der Waals surface area contributed by atoms with Gasteiger partial charge in [0.25, 0.3) is 0 Å². The van der Waals surface area contributed by atoms with Crippen LogP contribution in [0, 0.1) is 0 Å². The number of fused-ring (bicyclic) bond motifs is 1. The van der Waals surface area contributed by atoms with Gasteiger partial charge in [-0.25, -0.2) is 0 Å². The lowest BCUT2D eigenvalue weighted by atomic mass is 9.82. The molecular weight excluding hydrogens is 344 g/mol. The molecule has 1 aromatic heterocycles. The van der Waals surface area contributed by atoms with Gasteiger partial charge in [0, 0.05) is 46.5 Å². The zero-order valence-electron chi connectivity index (χ0n) is 14.9. The normalized spacial score (nSPS) is 21.1. The average Bonchev–Trinajstić information content (AvgIpc) is 3.18. The third-order valence-corrected chi connectivity index (χ3v) is 5.08. The SMILES string of the molecule is C=C=C1c2cc(OC)ccc2CN1C[C@@]1(c2cnccn2)CC(=O)NC1=O.[HH].[HH]. The summed E-state index contributed by atoms with van der Waals surface area (Å²) >= 11 is 0. The van der Waals surface area contributed by atoms with E-state index in [4.69, 9.17) is 4.74 Å². The highest BCUT2D eigenvalue weighted by Crippen LogP contribution is 2.39. The molecule has 2 aliphatic rings. The molecule has 0 aliphatic carbocycles. The second-order valence-electron chi connectivity index (χ2n) is 6.63. The molecule has 1 N–H and O–H groups in total. The van der Waals surface area contributed by atoms with Gasteiger partial charge < -0.3 is 9.64 Å². The molecule has 2 aromatic rings. The highest BCUT2D eigenvalue weighted by Gasteiger charge is 2.51. The highest BCUT2D eigenvalue weighted by atomic mass is 16.5. The van der Waals surface area contributed by atoms with Crippen molar-refractivity contribution in [3.05, 3.63) is 65.9 Å². The minimum Gasteiger partial charge on any atom is -0.497 e. The highest BCUT2D eigenvalue weighted by molar-refractivity contribution is 6.09. The first-order valence-electron chi connectivity index (χ1n) is 8.50. The Hall–Kier alpha value is -3.44. The fourth-order valence-electron chi connectivity index (χ4n) is 3.77. The molecule has 1 saturated heterocycles. The monoisotopic (exact) mass is 366 g/mol. The van der Waals surface area contributed by atoms with Gasteiger partial charge in [0.1, 0.15) is 11.2 Å². The molecule has 140 valence electrons. The predicted molar refractivity (Wildman–Crippen MR) is 102 cm³/mol. The Morgan fingerprint density at radius 1 is 1.41 bits per heavy atom. The van der Waals surface area contributed by atoms with Crippen molar-refractivity contribution in [3.8, 4) is 5.75 Å². The van der Waals surface area contributed by atoms with E-state index in [0.29, 0.717) is 12.2 Å².